The van der Waals surface area contributed by atoms with Crippen molar-refractivity contribution >= 4 is 46.2 Å². The number of rotatable bonds is 6. The molecule has 1 fully saturated rings. The normalized spacial score (nSPS) is 14.2. The highest BCUT2D eigenvalue weighted by molar-refractivity contribution is 7.09. The Bertz CT molecular complexity index is 612. The van der Waals surface area contributed by atoms with Crippen LogP contribution in [0.5, 0.6) is 0 Å². The zero-order valence-corrected chi connectivity index (χ0v) is 14.1. The summed E-state index contributed by atoms with van der Waals surface area (Å²) in [7, 11) is 0. The summed E-state index contributed by atoms with van der Waals surface area (Å²) in [5.41, 5.74) is 0. The minimum Gasteiger partial charge on any atom is -0.369 e. The van der Waals surface area contributed by atoms with Gasteiger partial charge < -0.3 is 10.2 Å². The summed E-state index contributed by atoms with van der Waals surface area (Å²) in [6.45, 7) is 3.65. The second-order valence-corrected chi connectivity index (χ2v) is 6.94. The van der Waals surface area contributed by atoms with Crippen molar-refractivity contribution in [2.24, 2.45) is 0 Å². The van der Waals surface area contributed by atoms with Crippen LogP contribution in [0.15, 0.2) is 23.6 Å². The van der Waals surface area contributed by atoms with Gasteiger partial charge in [-0.05, 0) is 37.3 Å². The quantitative estimate of drug-likeness (QED) is 0.796. The molecule has 0 aromatic carbocycles. The van der Waals surface area contributed by atoms with Crippen LogP contribution in [0.4, 0.5) is 11.6 Å². The van der Waals surface area contributed by atoms with Gasteiger partial charge in [0, 0.05) is 17.5 Å². The Balaban J connectivity index is 1.93. The first-order valence-electron chi connectivity index (χ1n) is 7.08. The van der Waals surface area contributed by atoms with Crippen LogP contribution in [-0.2, 0) is 6.54 Å². The first-order chi connectivity index (χ1) is 10.2. The number of hydrogen-bond donors (Lipinski definition) is 1. The molecular formula is C15H17Cl2N3S. The van der Waals surface area contributed by atoms with Crippen LogP contribution in [-0.4, -0.2) is 17.6 Å². The van der Waals surface area contributed by atoms with E-state index in [4.69, 9.17) is 23.2 Å². The summed E-state index contributed by atoms with van der Waals surface area (Å²) >= 11 is 14.4. The molecule has 21 heavy (non-hydrogen) atoms. The van der Waals surface area contributed by atoms with E-state index >= 15 is 0 Å². The predicted molar refractivity (Wildman–Crippen MR) is 91.9 cm³/mol. The average Bonchev–Trinajstić information content (AvgIpc) is 3.17. The number of aromatic nitrogens is 1. The van der Waals surface area contributed by atoms with E-state index in [1.807, 2.05) is 6.92 Å². The summed E-state index contributed by atoms with van der Waals surface area (Å²) in [6, 6.07) is 6.54. The molecule has 0 radical (unpaired) electrons. The standard InChI is InChI=1S/C15H17Cl2N3S/c1-2-18-14-12(16)8-13(17)15(19-14)20(10-5-6-10)9-11-4-3-7-21-11/h3-4,7-8,10H,2,5-6,9H2,1H3,(H,18,19). The maximum Gasteiger partial charge on any atom is 0.150 e. The molecule has 0 atom stereocenters. The number of halogens is 2. The van der Waals surface area contributed by atoms with Crippen molar-refractivity contribution in [1.82, 2.24) is 4.98 Å². The second kappa shape index (κ2) is 6.42. The van der Waals surface area contributed by atoms with Crippen molar-refractivity contribution in [1.29, 1.82) is 0 Å². The largest absolute Gasteiger partial charge is 0.369 e. The molecule has 0 saturated heterocycles. The van der Waals surface area contributed by atoms with Gasteiger partial charge in [-0.2, -0.15) is 0 Å². The Morgan fingerprint density at radius 3 is 2.81 bits per heavy atom. The molecule has 2 heterocycles. The molecule has 6 heteroatoms. The molecule has 0 aliphatic heterocycles. The lowest BCUT2D eigenvalue weighted by Gasteiger charge is -2.25. The predicted octanol–water partition coefficient (Wildman–Crippen LogP) is 5.05. The summed E-state index contributed by atoms with van der Waals surface area (Å²) in [6.07, 6.45) is 2.39. The molecule has 0 bridgehead atoms. The van der Waals surface area contributed by atoms with Gasteiger partial charge in [-0.15, -0.1) is 11.3 Å². The summed E-state index contributed by atoms with van der Waals surface area (Å²) in [4.78, 5) is 8.28. The van der Waals surface area contributed by atoms with Crippen molar-refractivity contribution in [3.63, 3.8) is 0 Å². The highest BCUT2D eigenvalue weighted by atomic mass is 35.5. The number of pyridine rings is 1. The fraction of sp³-hybridized carbons (Fsp3) is 0.400. The first kappa shape index (κ1) is 14.9. The fourth-order valence-electron chi connectivity index (χ4n) is 2.28. The molecule has 112 valence electrons. The minimum atomic E-state index is 0.535. The van der Waals surface area contributed by atoms with Gasteiger partial charge in [0.1, 0.15) is 5.82 Å². The maximum atomic E-state index is 6.40. The maximum absolute atomic E-state index is 6.40. The Kier molecular flexibility index (Phi) is 4.57. The van der Waals surface area contributed by atoms with Gasteiger partial charge in [0.15, 0.2) is 5.82 Å². The molecule has 3 rings (SSSR count). The fourth-order valence-corrected chi connectivity index (χ4v) is 3.52. The molecular weight excluding hydrogens is 325 g/mol. The number of anilines is 2. The SMILES string of the molecule is CCNc1nc(N(Cc2cccs2)C2CC2)c(Cl)cc1Cl. The molecule has 2 aromatic rings. The summed E-state index contributed by atoms with van der Waals surface area (Å²) < 4.78 is 0. The average molecular weight is 342 g/mol. The van der Waals surface area contributed by atoms with Crippen molar-refractivity contribution in [3.8, 4) is 0 Å². The molecule has 1 N–H and O–H groups in total. The van der Waals surface area contributed by atoms with Crippen LogP contribution in [0.2, 0.25) is 10.0 Å². The Morgan fingerprint density at radius 1 is 1.38 bits per heavy atom. The first-order valence-corrected chi connectivity index (χ1v) is 8.71. The lowest BCUT2D eigenvalue weighted by atomic mass is 10.3. The van der Waals surface area contributed by atoms with Gasteiger partial charge in [-0.3, -0.25) is 0 Å². The van der Waals surface area contributed by atoms with Gasteiger partial charge in [-0.25, -0.2) is 4.98 Å². The van der Waals surface area contributed by atoms with E-state index in [9.17, 15) is 0 Å². The Morgan fingerprint density at radius 2 is 2.19 bits per heavy atom. The van der Waals surface area contributed by atoms with E-state index in [1.165, 1.54) is 17.7 Å². The number of nitrogens with one attached hydrogen (secondary N) is 1. The van der Waals surface area contributed by atoms with E-state index in [0.717, 1.165) is 18.9 Å². The van der Waals surface area contributed by atoms with Crippen LogP contribution in [0.3, 0.4) is 0 Å². The lowest BCUT2D eigenvalue weighted by Crippen LogP contribution is -2.26. The van der Waals surface area contributed by atoms with Crippen molar-refractivity contribution in [2.75, 3.05) is 16.8 Å². The van der Waals surface area contributed by atoms with E-state index in [1.54, 1.807) is 17.4 Å². The molecule has 1 aliphatic rings. The molecule has 2 aromatic heterocycles. The topological polar surface area (TPSA) is 28.2 Å². The van der Waals surface area contributed by atoms with Gasteiger partial charge in [0.2, 0.25) is 0 Å². The molecule has 0 unspecified atom stereocenters. The van der Waals surface area contributed by atoms with E-state index < -0.39 is 0 Å². The second-order valence-electron chi connectivity index (χ2n) is 5.09. The minimum absolute atomic E-state index is 0.535. The smallest absolute Gasteiger partial charge is 0.150 e. The van der Waals surface area contributed by atoms with Crippen LogP contribution >= 0.6 is 34.5 Å². The zero-order valence-electron chi connectivity index (χ0n) is 11.8. The van der Waals surface area contributed by atoms with E-state index in [2.05, 4.69) is 32.7 Å². The number of thiophene rings is 1. The summed E-state index contributed by atoms with van der Waals surface area (Å²) in [5, 5.41) is 6.47. The molecule has 3 nitrogen and oxygen atoms in total. The van der Waals surface area contributed by atoms with Crippen molar-refractivity contribution < 1.29 is 0 Å². The molecule has 0 spiro atoms. The monoisotopic (exact) mass is 341 g/mol. The summed E-state index contributed by atoms with van der Waals surface area (Å²) in [5.74, 6) is 1.53. The third-order valence-corrected chi connectivity index (χ3v) is 4.85. The highest BCUT2D eigenvalue weighted by Crippen LogP contribution is 2.38. The molecule has 0 amide bonds. The molecule has 1 aliphatic carbocycles. The zero-order chi connectivity index (χ0) is 14.8. The number of nitrogens with zero attached hydrogens (tertiary/aromatic N) is 2. The number of hydrogen-bond acceptors (Lipinski definition) is 4. The Labute approximate surface area is 138 Å². The van der Waals surface area contributed by atoms with Gasteiger partial charge in [-0.1, -0.05) is 29.3 Å². The van der Waals surface area contributed by atoms with Gasteiger partial charge >= 0.3 is 0 Å². The van der Waals surface area contributed by atoms with Crippen LogP contribution < -0.4 is 10.2 Å². The van der Waals surface area contributed by atoms with E-state index in [-0.39, 0.29) is 0 Å². The molecule has 1 saturated carbocycles. The van der Waals surface area contributed by atoms with Crippen LogP contribution in [0.1, 0.15) is 24.6 Å². The van der Waals surface area contributed by atoms with Gasteiger partial charge in [0.05, 0.1) is 16.6 Å². The van der Waals surface area contributed by atoms with Gasteiger partial charge in [0.25, 0.3) is 0 Å². The lowest BCUT2D eigenvalue weighted by molar-refractivity contribution is 0.787. The van der Waals surface area contributed by atoms with E-state index in [0.29, 0.717) is 21.9 Å². The third-order valence-electron chi connectivity index (χ3n) is 3.42. The Hall–Kier alpha value is -0.970. The third kappa shape index (κ3) is 3.44. The van der Waals surface area contributed by atoms with Crippen molar-refractivity contribution in [3.05, 3.63) is 38.5 Å². The highest BCUT2D eigenvalue weighted by Gasteiger charge is 2.32. The van der Waals surface area contributed by atoms with Crippen LogP contribution in [0, 0.1) is 0 Å². The van der Waals surface area contributed by atoms with Crippen LogP contribution in [0.25, 0.3) is 0 Å². The van der Waals surface area contributed by atoms with Crippen molar-refractivity contribution in [2.45, 2.75) is 32.4 Å².